The molecule has 0 unspecified atom stereocenters. The van der Waals surface area contributed by atoms with Gasteiger partial charge >= 0.3 is 0 Å². The van der Waals surface area contributed by atoms with E-state index in [1.807, 2.05) is 30.3 Å². The van der Waals surface area contributed by atoms with Gasteiger partial charge in [0.2, 0.25) is 5.95 Å². The highest BCUT2D eigenvalue weighted by Gasteiger charge is 2.15. The molecule has 0 radical (unpaired) electrons. The standard InChI is InChI=1S/C13H14N4O/c1-8-10(9-6-4-3-5-7-9)16-13(15-2)17-11(8)12(14)18/h3-7H,1-2H3,(H2,14,18)(H,15,16,17). The van der Waals surface area contributed by atoms with Crippen molar-refractivity contribution >= 4 is 11.9 Å². The lowest BCUT2D eigenvalue weighted by molar-refractivity contribution is 0.0995. The second kappa shape index (κ2) is 4.83. The minimum atomic E-state index is -0.552. The third-order valence-electron chi connectivity index (χ3n) is 2.65. The van der Waals surface area contributed by atoms with Gasteiger partial charge in [0.15, 0.2) is 0 Å². The first-order valence-electron chi connectivity index (χ1n) is 5.55. The first-order valence-corrected chi connectivity index (χ1v) is 5.55. The lowest BCUT2D eigenvalue weighted by atomic mass is 10.1. The summed E-state index contributed by atoms with van der Waals surface area (Å²) in [7, 11) is 1.70. The molecule has 3 N–H and O–H groups in total. The van der Waals surface area contributed by atoms with Crippen LogP contribution >= 0.6 is 0 Å². The second-order valence-corrected chi connectivity index (χ2v) is 3.85. The number of rotatable bonds is 3. The summed E-state index contributed by atoms with van der Waals surface area (Å²) >= 11 is 0. The van der Waals surface area contributed by atoms with Gasteiger partial charge in [-0.25, -0.2) is 9.97 Å². The van der Waals surface area contributed by atoms with E-state index >= 15 is 0 Å². The Labute approximate surface area is 105 Å². The van der Waals surface area contributed by atoms with Gasteiger partial charge < -0.3 is 11.1 Å². The zero-order valence-corrected chi connectivity index (χ0v) is 10.3. The smallest absolute Gasteiger partial charge is 0.267 e. The van der Waals surface area contributed by atoms with Gasteiger partial charge in [0.05, 0.1) is 5.69 Å². The van der Waals surface area contributed by atoms with E-state index in [9.17, 15) is 4.79 Å². The van der Waals surface area contributed by atoms with Crippen LogP contribution in [0.15, 0.2) is 30.3 Å². The number of nitrogens with one attached hydrogen (secondary N) is 1. The number of benzene rings is 1. The molecule has 0 saturated heterocycles. The number of aromatic nitrogens is 2. The highest BCUT2D eigenvalue weighted by atomic mass is 16.1. The van der Waals surface area contributed by atoms with Gasteiger partial charge in [-0.3, -0.25) is 4.79 Å². The van der Waals surface area contributed by atoms with Crippen LogP contribution in [0.1, 0.15) is 16.1 Å². The Hall–Kier alpha value is -2.43. The summed E-state index contributed by atoms with van der Waals surface area (Å²) in [5.41, 5.74) is 7.90. The molecular formula is C13H14N4O. The van der Waals surface area contributed by atoms with Crippen molar-refractivity contribution in [2.45, 2.75) is 6.92 Å². The molecule has 0 aliphatic rings. The van der Waals surface area contributed by atoms with Crippen molar-refractivity contribution in [2.75, 3.05) is 12.4 Å². The van der Waals surface area contributed by atoms with Gasteiger partial charge in [0.25, 0.3) is 5.91 Å². The average molecular weight is 242 g/mol. The van der Waals surface area contributed by atoms with E-state index in [0.29, 0.717) is 17.2 Å². The molecule has 0 saturated carbocycles. The number of primary amides is 1. The zero-order chi connectivity index (χ0) is 13.1. The summed E-state index contributed by atoms with van der Waals surface area (Å²) in [6.45, 7) is 1.79. The van der Waals surface area contributed by atoms with E-state index in [4.69, 9.17) is 5.73 Å². The van der Waals surface area contributed by atoms with Gasteiger partial charge in [-0.2, -0.15) is 0 Å². The summed E-state index contributed by atoms with van der Waals surface area (Å²) in [5.74, 6) is -0.170. The summed E-state index contributed by atoms with van der Waals surface area (Å²) in [6, 6.07) is 9.62. The first kappa shape index (κ1) is 12.0. The highest BCUT2D eigenvalue weighted by molar-refractivity contribution is 5.94. The number of nitrogens with zero attached hydrogens (tertiary/aromatic N) is 2. The monoisotopic (exact) mass is 242 g/mol. The number of hydrogen-bond acceptors (Lipinski definition) is 4. The molecule has 0 atom stereocenters. The molecule has 18 heavy (non-hydrogen) atoms. The highest BCUT2D eigenvalue weighted by Crippen LogP contribution is 2.23. The zero-order valence-electron chi connectivity index (χ0n) is 10.3. The predicted molar refractivity (Wildman–Crippen MR) is 70.3 cm³/mol. The third-order valence-corrected chi connectivity index (χ3v) is 2.65. The quantitative estimate of drug-likeness (QED) is 0.856. The molecule has 1 heterocycles. The van der Waals surface area contributed by atoms with Crippen molar-refractivity contribution in [2.24, 2.45) is 5.73 Å². The maximum atomic E-state index is 11.4. The molecule has 5 heteroatoms. The number of hydrogen-bond donors (Lipinski definition) is 2. The van der Waals surface area contributed by atoms with E-state index in [2.05, 4.69) is 15.3 Å². The number of carbonyl (C=O) groups excluding carboxylic acids is 1. The van der Waals surface area contributed by atoms with Crippen LogP contribution in [0.5, 0.6) is 0 Å². The molecule has 0 bridgehead atoms. The van der Waals surface area contributed by atoms with Crippen molar-refractivity contribution in [3.05, 3.63) is 41.6 Å². The van der Waals surface area contributed by atoms with Crippen LogP contribution < -0.4 is 11.1 Å². The predicted octanol–water partition coefficient (Wildman–Crippen LogP) is 1.59. The van der Waals surface area contributed by atoms with Crippen molar-refractivity contribution in [1.29, 1.82) is 0 Å². The van der Waals surface area contributed by atoms with Crippen molar-refractivity contribution in [3.63, 3.8) is 0 Å². The lowest BCUT2D eigenvalue weighted by Gasteiger charge is -2.10. The average Bonchev–Trinajstić information content (AvgIpc) is 2.39. The number of carbonyl (C=O) groups is 1. The van der Waals surface area contributed by atoms with Gasteiger partial charge in [0, 0.05) is 18.2 Å². The first-order chi connectivity index (χ1) is 8.63. The second-order valence-electron chi connectivity index (χ2n) is 3.85. The van der Waals surface area contributed by atoms with Gasteiger partial charge in [-0.15, -0.1) is 0 Å². The Morgan fingerprint density at radius 1 is 1.22 bits per heavy atom. The normalized spacial score (nSPS) is 10.1. The maximum Gasteiger partial charge on any atom is 0.267 e. The van der Waals surface area contributed by atoms with E-state index < -0.39 is 5.91 Å². The molecule has 2 aromatic rings. The number of nitrogens with two attached hydrogens (primary N) is 1. The van der Waals surface area contributed by atoms with Crippen LogP contribution in [-0.4, -0.2) is 22.9 Å². The Morgan fingerprint density at radius 3 is 2.44 bits per heavy atom. The van der Waals surface area contributed by atoms with Crippen molar-refractivity contribution < 1.29 is 4.79 Å². The molecule has 2 rings (SSSR count). The largest absolute Gasteiger partial charge is 0.364 e. The number of anilines is 1. The van der Waals surface area contributed by atoms with Crippen LogP contribution in [0, 0.1) is 6.92 Å². The lowest BCUT2D eigenvalue weighted by Crippen LogP contribution is -2.17. The molecular weight excluding hydrogens is 228 g/mol. The Kier molecular flexibility index (Phi) is 3.23. The molecule has 0 spiro atoms. The number of amides is 1. The van der Waals surface area contributed by atoms with Gasteiger partial charge in [-0.1, -0.05) is 30.3 Å². The molecule has 0 aliphatic carbocycles. The SMILES string of the molecule is CNc1nc(C(N)=O)c(C)c(-c2ccccc2)n1. The summed E-state index contributed by atoms with van der Waals surface area (Å²) in [6.07, 6.45) is 0. The van der Waals surface area contributed by atoms with Crippen LogP contribution in [0.4, 0.5) is 5.95 Å². The third kappa shape index (κ3) is 2.15. The van der Waals surface area contributed by atoms with Crippen LogP contribution in [0.2, 0.25) is 0 Å². The molecule has 5 nitrogen and oxygen atoms in total. The molecule has 0 aliphatic heterocycles. The molecule has 1 amide bonds. The van der Waals surface area contributed by atoms with E-state index in [1.54, 1.807) is 14.0 Å². The van der Waals surface area contributed by atoms with Crippen molar-refractivity contribution in [1.82, 2.24) is 9.97 Å². The van der Waals surface area contributed by atoms with Gasteiger partial charge in [0.1, 0.15) is 5.69 Å². The van der Waals surface area contributed by atoms with E-state index in [0.717, 1.165) is 5.56 Å². The maximum absolute atomic E-state index is 11.4. The van der Waals surface area contributed by atoms with Crippen LogP contribution in [-0.2, 0) is 0 Å². The van der Waals surface area contributed by atoms with Crippen molar-refractivity contribution in [3.8, 4) is 11.3 Å². The fraction of sp³-hybridized carbons (Fsp3) is 0.154. The summed E-state index contributed by atoms with van der Waals surface area (Å²) in [4.78, 5) is 19.8. The fourth-order valence-electron chi connectivity index (χ4n) is 1.75. The Balaban J connectivity index is 2.67. The van der Waals surface area contributed by atoms with Gasteiger partial charge in [-0.05, 0) is 6.92 Å². The summed E-state index contributed by atoms with van der Waals surface area (Å²) < 4.78 is 0. The fourth-order valence-corrected chi connectivity index (χ4v) is 1.75. The molecule has 92 valence electrons. The molecule has 1 aromatic carbocycles. The van der Waals surface area contributed by atoms with Crippen LogP contribution in [0.25, 0.3) is 11.3 Å². The van der Waals surface area contributed by atoms with Crippen LogP contribution in [0.3, 0.4) is 0 Å². The molecule has 1 aromatic heterocycles. The van der Waals surface area contributed by atoms with E-state index in [1.165, 1.54) is 0 Å². The van der Waals surface area contributed by atoms with E-state index in [-0.39, 0.29) is 5.69 Å². The summed E-state index contributed by atoms with van der Waals surface area (Å²) in [5, 5.41) is 2.83. The Bertz CT molecular complexity index is 581. The minimum Gasteiger partial charge on any atom is -0.364 e. The molecule has 0 fully saturated rings. The minimum absolute atomic E-state index is 0.244. The topological polar surface area (TPSA) is 80.9 Å². The Morgan fingerprint density at radius 2 is 1.89 bits per heavy atom.